The van der Waals surface area contributed by atoms with Crippen LogP contribution < -0.4 is 16.0 Å². The van der Waals surface area contributed by atoms with Gasteiger partial charge in [-0.2, -0.15) is 10.2 Å². The van der Waals surface area contributed by atoms with Crippen LogP contribution in [0.15, 0.2) is 40.2 Å². The summed E-state index contributed by atoms with van der Waals surface area (Å²) in [7, 11) is 1.48. The first kappa shape index (κ1) is 29.6. The van der Waals surface area contributed by atoms with Crippen LogP contribution in [0.25, 0.3) is 15.2 Å². The topological polar surface area (TPSA) is 113 Å². The van der Waals surface area contributed by atoms with Gasteiger partial charge in [0.15, 0.2) is 0 Å². The van der Waals surface area contributed by atoms with Crippen LogP contribution in [0, 0.1) is 12.7 Å². The van der Waals surface area contributed by atoms with E-state index in [1.807, 2.05) is 13.8 Å². The number of rotatable bonds is 9. The van der Waals surface area contributed by atoms with E-state index < -0.39 is 28.7 Å². The normalized spacial score (nSPS) is 14.7. The van der Waals surface area contributed by atoms with Crippen molar-refractivity contribution >= 4 is 27.5 Å². The van der Waals surface area contributed by atoms with E-state index in [2.05, 4.69) is 10.2 Å². The van der Waals surface area contributed by atoms with Gasteiger partial charge in [-0.3, -0.25) is 14.2 Å². The Kier molecular flexibility index (Phi) is 8.08. The van der Waals surface area contributed by atoms with E-state index >= 15 is 0 Å². The number of carbonyl (C=O) groups excluding carboxylic acids is 1. The number of thiophene rings is 1. The van der Waals surface area contributed by atoms with E-state index in [1.165, 1.54) is 58.4 Å². The summed E-state index contributed by atoms with van der Waals surface area (Å²) in [5.74, 6) is -0.385. The standard InChI is InChI=1S/C29H35FN6O5S/c1-17(2)41-22(20-15-19(30)9-10-21(20)40-6)16-34-26-23(18(3)25(42-26)36-31-11-12-32-36)24(37)35(28(34)39)29(4,5)27(38)33-13-7-8-14-33/h9-12,15,17,22H,7-8,13-14,16H2,1-6H3/t22-/m0/s1. The number of aromatic nitrogens is 5. The zero-order valence-corrected chi connectivity index (χ0v) is 25.4. The minimum absolute atomic E-state index is 0.0759. The predicted octanol–water partition coefficient (Wildman–Crippen LogP) is 3.79. The second-order valence-corrected chi connectivity index (χ2v) is 12.2. The Bertz CT molecular complexity index is 1730. The highest BCUT2D eigenvalue weighted by molar-refractivity contribution is 7.21. The number of hydrogen-bond donors (Lipinski definition) is 0. The number of nitrogens with zero attached hydrogens (tertiary/aromatic N) is 6. The average molecular weight is 599 g/mol. The molecule has 0 saturated carbocycles. The second-order valence-electron chi connectivity index (χ2n) is 11.2. The van der Waals surface area contributed by atoms with Gasteiger partial charge in [0.2, 0.25) is 5.91 Å². The summed E-state index contributed by atoms with van der Waals surface area (Å²) >= 11 is 1.19. The van der Waals surface area contributed by atoms with E-state index in [4.69, 9.17) is 9.47 Å². The van der Waals surface area contributed by atoms with Gasteiger partial charge in [0.05, 0.1) is 37.5 Å². The molecule has 1 aliphatic heterocycles. The Hall–Kier alpha value is -3.84. The summed E-state index contributed by atoms with van der Waals surface area (Å²) in [6, 6.07) is 4.12. The molecule has 224 valence electrons. The maximum atomic E-state index is 14.5. The monoisotopic (exact) mass is 598 g/mol. The number of ether oxygens (including phenoxy) is 2. The Morgan fingerprint density at radius 3 is 2.43 bits per heavy atom. The van der Waals surface area contributed by atoms with Gasteiger partial charge in [-0.1, -0.05) is 11.3 Å². The van der Waals surface area contributed by atoms with Crippen LogP contribution in [0.5, 0.6) is 5.75 Å². The third kappa shape index (κ3) is 5.15. The maximum absolute atomic E-state index is 14.5. The average Bonchev–Trinajstić information content (AvgIpc) is 3.71. The highest BCUT2D eigenvalue weighted by Gasteiger charge is 2.39. The minimum Gasteiger partial charge on any atom is -0.496 e. The molecular weight excluding hydrogens is 563 g/mol. The molecule has 0 radical (unpaired) electrons. The zero-order chi connectivity index (χ0) is 30.3. The van der Waals surface area contributed by atoms with Crippen LogP contribution in [0.4, 0.5) is 4.39 Å². The molecule has 1 atom stereocenters. The lowest BCUT2D eigenvalue weighted by molar-refractivity contribution is -0.138. The number of benzene rings is 1. The van der Waals surface area contributed by atoms with Crippen molar-refractivity contribution in [3.63, 3.8) is 0 Å². The van der Waals surface area contributed by atoms with Crippen LogP contribution in [0.3, 0.4) is 0 Å². The van der Waals surface area contributed by atoms with Gasteiger partial charge in [-0.15, -0.1) is 4.80 Å². The van der Waals surface area contributed by atoms with E-state index in [0.29, 0.717) is 39.8 Å². The summed E-state index contributed by atoms with van der Waals surface area (Å²) < 4.78 is 28.7. The quantitative estimate of drug-likeness (QED) is 0.288. The van der Waals surface area contributed by atoms with Crippen molar-refractivity contribution in [1.82, 2.24) is 29.0 Å². The molecule has 1 aliphatic rings. The van der Waals surface area contributed by atoms with E-state index in [0.717, 1.165) is 17.4 Å². The third-order valence-electron chi connectivity index (χ3n) is 7.59. The van der Waals surface area contributed by atoms with Crippen molar-refractivity contribution in [3.05, 3.63) is 68.4 Å². The summed E-state index contributed by atoms with van der Waals surface area (Å²) in [6.07, 6.45) is 3.67. The Labute approximate surface area is 246 Å². The highest BCUT2D eigenvalue weighted by Crippen LogP contribution is 2.35. The van der Waals surface area contributed by atoms with E-state index in [9.17, 15) is 18.8 Å². The molecule has 4 aromatic rings. The Morgan fingerprint density at radius 1 is 1.14 bits per heavy atom. The summed E-state index contributed by atoms with van der Waals surface area (Å²) in [5, 5.41) is 9.31. The van der Waals surface area contributed by atoms with Gasteiger partial charge in [0.25, 0.3) is 5.56 Å². The molecule has 0 spiro atoms. The van der Waals surface area contributed by atoms with Crippen molar-refractivity contribution < 1.29 is 18.7 Å². The first-order valence-electron chi connectivity index (χ1n) is 13.9. The number of methoxy groups -OCH3 is 1. The molecule has 1 aromatic carbocycles. The maximum Gasteiger partial charge on any atom is 0.333 e. The van der Waals surface area contributed by atoms with Crippen molar-refractivity contribution in [1.29, 1.82) is 0 Å². The fourth-order valence-corrected chi connectivity index (χ4v) is 6.79. The molecule has 1 amide bonds. The van der Waals surface area contributed by atoms with Crippen LogP contribution in [-0.2, 0) is 21.6 Å². The number of likely N-dealkylation sites (tertiary alicyclic amines) is 1. The van der Waals surface area contributed by atoms with Crippen molar-refractivity contribution in [2.24, 2.45) is 0 Å². The van der Waals surface area contributed by atoms with Crippen molar-refractivity contribution in [2.75, 3.05) is 20.2 Å². The molecule has 0 aliphatic carbocycles. The molecule has 0 bridgehead atoms. The molecule has 5 rings (SSSR count). The summed E-state index contributed by atoms with van der Waals surface area (Å²) in [5.41, 5.74) is -1.72. The number of fused-ring (bicyclic) bond motifs is 1. The van der Waals surface area contributed by atoms with Gasteiger partial charge in [0.1, 0.15) is 33.0 Å². The van der Waals surface area contributed by atoms with Gasteiger partial charge in [-0.05, 0) is 65.7 Å². The van der Waals surface area contributed by atoms with Gasteiger partial charge in [0, 0.05) is 24.2 Å². The first-order chi connectivity index (χ1) is 19.9. The van der Waals surface area contributed by atoms with Crippen LogP contribution in [-0.4, -0.2) is 61.2 Å². The molecule has 0 unspecified atom stereocenters. The predicted molar refractivity (Wildman–Crippen MR) is 157 cm³/mol. The van der Waals surface area contributed by atoms with Crippen LogP contribution >= 0.6 is 11.3 Å². The van der Waals surface area contributed by atoms with Gasteiger partial charge >= 0.3 is 5.69 Å². The van der Waals surface area contributed by atoms with Crippen molar-refractivity contribution in [2.45, 2.75) is 71.8 Å². The summed E-state index contributed by atoms with van der Waals surface area (Å²) in [6.45, 7) is 9.72. The molecule has 11 nitrogen and oxygen atoms in total. The number of halogens is 1. The molecule has 4 heterocycles. The molecule has 1 saturated heterocycles. The number of amides is 1. The van der Waals surface area contributed by atoms with Crippen LogP contribution in [0.1, 0.15) is 57.8 Å². The number of aryl methyl sites for hydroxylation is 1. The Morgan fingerprint density at radius 2 is 1.81 bits per heavy atom. The molecule has 3 aromatic heterocycles. The molecule has 13 heteroatoms. The molecule has 0 N–H and O–H groups in total. The lowest BCUT2D eigenvalue weighted by atomic mass is 10.0. The van der Waals surface area contributed by atoms with Crippen LogP contribution in [0.2, 0.25) is 0 Å². The van der Waals surface area contributed by atoms with Gasteiger partial charge < -0.3 is 14.4 Å². The zero-order valence-electron chi connectivity index (χ0n) is 24.6. The lowest BCUT2D eigenvalue weighted by Crippen LogP contribution is -2.56. The van der Waals surface area contributed by atoms with E-state index in [1.54, 1.807) is 25.7 Å². The highest BCUT2D eigenvalue weighted by atomic mass is 32.1. The second kappa shape index (κ2) is 11.4. The summed E-state index contributed by atoms with van der Waals surface area (Å²) in [4.78, 5) is 45.8. The SMILES string of the molecule is COc1ccc(F)cc1[C@H](Cn1c(=O)n(C(C)(C)C(=O)N2CCCC2)c(=O)c2c(C)c(-n3nccn3)sc21)OC(C)C. The molecular formula is C29H35FN6O5S. The third-order valence-corrected chi connectivity index (χ3v) is 8.87. The number of hydrogen-bond acceptors (Lipinski definition) is 8. The fourth-order valence-electron chi connectivity index (χ4n) is 5.57. The number of carbonyl (C=O) groups is 1. The lowest BCUT2D eigenvalue weighted by Gasteiger charge is -2.31. The molecule has 1 fully saturated rings. The minimum atomic E-state index is -1.47. The first-order valence-corrected chi connectivity index (χ1v) is 14.7. The van der Waals surface area contributed by atoms with E-state index in [-0.39, 0.29) is 23.9 Å². The fraction of sp³-hybridized carbons (Fsp3) is 0.483. The smallest absolute Gasteiger partial charge is 0.333 e. The van der Waals surface area contributed by atoms with Crippen molar-refractivity contribution in [3.8, 4) is 10.8 Å². The largest absolute Gasteiger partial charge is 0.496 e. The molecule has 42 heavy (non-hydrogen) atoms. The van der Waals surface area contributed by atoms with Gasteiger partial charge in [-0.25, -0.2) is 13.8 Å². The Balaban J connectivity index is 1.78.